The van der Waals surface area contributed by atoms with Crippen LogP contribution in [-0.2, 0) is 0 Å². The summed E-state index contributed by atoms with van der Waals surface area (Å²) in [7, 11) is 0. The number of benzene rings is 3. The molecule has 0 N–H and O–H groups in total. The molecule has 2 aliphatic carbocycles. The molecule has 0 aromatic heterocycles. The highest BCUT2D eigenvalue weighted by atomic mass is 15.2. The van der Waals surface area contributed by atoms with Crippen molar-refractivity contribution in [2.24, 2.45) is 11.8 Å². The summed E-state index contributed by atoms with van der Waals surface area (Å²) in [5, 5.41) is 0. The fourth-order valence-corrected chi connectivity index (χ4v) is 7.08. The number of aryl methyl sites for hydroxylation is 2. The Balaban J connectivity index is 1.57. The first-order valence-corrected chi connectivity index (χ1v) is 14.1. The molecule has 0 bridgehead atoms. The zero-order valence-electron chi connectivity index (χ0n) is 23.1. The van der Waals surface area contributed by atoms with Gasteiger partial charge in [-0.1, -0.05) is 72.9 Å². The lowest BCUT2D eigenvalue weighted by molar-refractivity contribution is 0.535. The first-order chi connectivity index (χ1) is 18.4. The zero-order chi connectivity index (χ0) is 26.1. The molecule has 7 rings (SSSR count). The van der Waals surface area contributed by atoms with E-state index < -0.39 is 0 Å². The number of anilines is 4. The highest BCUT2D eigenvalue weighted by molar-refractivity contribution is 6.95. The van der Waals surface area contributed by atoms with Crippen molar-refractivity contribution in [2.75, 3.05) is 9.80 Å². The van der Waals surface area contributed by atoms with Gasteiger partial charge in [0.25, 0.3) is 0 Å². The average Bonchev–Trinajstić information content (AvgIpc) is 2.90. The minimum Gasteiger partial charge on any atom is -0.315 e. The summed E-state index contributed by atoms with van der Waals surface area (Å²) in [6, 6.07) is 23.1. The molecule has 0 amide bonds. The van der Waals surface area contributed by atoms with Crippen molar-refractivity contribution >= 4 is 40.4 Å². The summed E-state index contributed by atoms with van der Waals surface area (Å²) >= 11 is 0. The molecule has 0 saturated heterocycles. The Morgan fingerprint density at radius 2 is 1.58 bits per heavy atom. The monoisotopic (exact) mass is 494 g/mol. The van der Waals surface area contributed by atoms with Gasteiger partial charge in [-0.3, -0.25) is 0 Å². The second-order valence-corrected chi connectivity index (χ2v) is 11.7. The number of rotatable bonds is 2. The number of hydrogen-bond acceptors (Lipinski definition) is 2. The lowest BCUT2D eigenvalue weighted by Gasteiger charge is -2.48. The van der Waals surface area contributed by atoms with E-state index in [4.69, 9.17) is 0 Å². The third kappa shape index (κ3) is 3.41. The number of nitrogens with zero attached hydrogens (tertiary/aromatic N) is 2. The number of fused-ring (bicyclic) bond motifs is 3. The minimum atomic E-state index is 0.256. The molecule has 0 spiro atoms. The second-order valence-electron chi connectivity index (χ2n) is 11.7. The van der Waals surface area contributed by atoms with Crippen LogP contribution in [0.1, 0.15) is 44.7 Å². The number of hydrogen-bond donors (Lipinski definition) is 0. The zero-order valence-corrected chi connectivity index (χ0v) is 23.1. The van der Waals surface area contributed by atoms with Gasteiger partial charge >= 0.3 is 0 Å². The molecule has 0 fully saturated rings. The van der Waals surface area contributed by atoms with Crippen LogP contribution in [0, 0.1) is 25.7 Å². The molecule has 2 unspecified atom stereocenters. The van der Waals surface area contributed by atoms with Crippen molar-refractivity contribution in [2.45, 2.75) is 47.5 Å². The Labute approximate surface area is 227 Å². The largest absolute Gasteiger partial charge is 0.315 e. The van der Waals surface area contributed by atoms with Crippen molar-refractivity contribution in [1.29, 1.82) is 0 Å². The second kappa shape index (κ2) is 8.66. The first kappa shape index (κ1) is 23.4. The Hall–Kier alpha value is -3.72. The maximum absolute atomic E-state index is 2.58. The molecule has 0 saturated carbocycles. The molecular formula is C35H35BN2. The van der Waals surface area contributed by atoms with E-state index in [1.54, 1.807) is 5.47 Å². The number of allylic oxidation sites excluding steroid dienone is 7. The fourth-order valence-electron chi connectivity index (χ4n) is 7.08. The molecule has 3 aromatic carbocycles. The molecule has 3 heteroatoms. The first-order valence-electron chi connectivity index (χ1n) is 14.1. The van der Waals surface area contributed by atoms with E-state index in [1.807, 2.05) is 0 Å². The molecule has 3 aromatic rings. The van der Waals surface area contributed by atoms with E-state index in [9.17, 15) is 0 Å². The summed E-state index contributed by atoms with van der Waals surface area (Å²) in [6.07, 6.45) is 11.7. The topological polar surface area (TPSA) is 6.48 Å². The standard InChI is InChI=1S/C35H35BN2/c1-22-9-6-11-27(19-22)37-30-17-15-24(3)21-29(30)36-34-26(5)25(4)16-18-33(34)38(28-12-7-10-23(2)20-28)32-14-8-13-31(37)35(32)36/h7-10,12-21,25-26H,6,11H2,1-5H3. The van der Waals surface area contributed by atoms with Crippen LogP contribution < -0.4 is 20.7 Å². The van der Waals surface area contributed by atoms with Gasteiger partial charge in [-0.05, 0) is 104 Å². The van der Waals surface area contributed by atoms with Crippen LogP contribution in [0.2, 0.25) is 0 Å². The van der Waals surface area contributed by atoms with Gasteiger partial charge in [0, 0.05) is 34.1 Å². The predicted octanol–water partition coefficient (Wildman–Crippen LogP) is 7.77. The average molecular weight is 494 g/mol. The van der Waals surface area contributed by atoms with Crippen LogP contribution in [0.25, 0.3) is 0 Å². The molecule has 4 aliphatic rings. The molecule has 2 heterocycles. The Morgan fingerprint density at radius 1 is 0.816 bits per heavy atom. The van der Waals surface area contributed by atoms with Gasteiger partial charge in [0.05, 0.1) is 0 Å². The van der Waals surface area contributed by atoms with E-state index in [1.165, 1.54) is 61.8 Å². The van der Waals surface area contributed by atoms with E-state index in [2.05, 4.69) is 129 Å². The summed E-state index contributed by atoms with van der Waals surface area (Å²) < 4.78 is 0. The van der Waals surface area contributed by atoms with Gasteiger partial charge in [0.1, 0.15) is 0 Å². The van der Waals surface area contributed by atoms with E-state index in [0.29, 0.717) is 11.8 Å². The van der Waals surface area contributed by atoms with Crippen LogP contribution in [-0.4, -0.2) is 6.71 Å². The predicted molar refractivity (Wildman–Crippen MR) is 164 cm³/mol. The lowest BCUT2D eigenvalue weighted by Crippen LogP contribution is -2.58. The quantitative estimate of drug-likeness (QED) is 0.336. The van der Waals surface area contributed by atoms with E-state index >= 15 is 0 Å². The van der Waals surface area contributed by atoms with Crippen LogP contribution in [0.4, 0.5) is 22.7 Å². The fraction of sp³-hybridized carbons (Fsp3) is 0.257. The van der Waals surface area contributed by atoms with Gasteiger partial charge in [-0.25, -0.2) is 0 Å². The molecule has 2 nitrogen and oxygen atoms in total. The maximum Gasteiger partial charge on any atom is 0.247 e. The smallest absolute Gasteiger partial charge is 0.247 e. The lowest BCUT2D eigenvalue weighted by atomic mass is 9.30. The molecule has 188 valence electrons. The summed E-state index contributed by atoms with van der Waals surface area (Å²) in [5.41, 5.74) is 16.4. The van der Waals surface area contributed by atoms with E-state index in [-0.39, 0.29) is 6.71 Å². The van der Waals surface area contributed by atoms with Crippen LogP contribution in [0.15, 0.2) is 107 Å². The Morgan fingerprint density at radius 3 is 2.37 bits per heavy atom. The minimum absolute atomic E-state index is 0.256. The van der Waals surface area contributed by atoms with Crippen LogP contribution in [0.3, 0.4) is 0 Å². The summed E-state index contributed by atoms with van der Waals surface area (Å²) in [5.74, 6) is 0.953. The SMILES string of the molecule is CC1=CCCC(N2c3ccc(C)cc3B3C4=C(C=CC(C)C4C)N(c4cccc(C)c4)c4cccc2c43)=C1. The molecule has 0 radical (unpaired) electrons. The van der Waals surface area contributed by atoms with Gasteiger partial charge in [0.2, 0.25) is 6.71 Å². The van der Waals surface area contributed by atoms with Crippen molar-refractivity contribution in [3.05, 3.63) is 119 Å². The maximum atomic E-state index is 2.58. The van der Waals surface area contributed by atoms with Gasteiger partial charge < -0.3 is 9.80 Å². The summed E-state index contributed by atoms with van der Waals surface area (Å²) in [6.45, 7) is 11.7. The normalized spacial score (nSPS) is 21.6. The van der Waals surface area contributed by atoms with Crippen molar-refractivity contribution in [3.63, 3.8) is 0 Å². The van der Waals surface area contributed by atoms with Gasteiger partial charge in [-0.2, -0.15) is 0 Å². The third-order valence-corrected chi connectivity index (χ3v) is 9.06. The van der Waals surface area contributed by atoms with Crippen molar-refractivity contribution in [1.82, 2.24) is 0 Å². The van der Waals surface area contributed by atoms with Crippen LogP contribution in [0.5, 0.6) is 0 Å². The van der Waals surface area contributed by atoms with Crippen molar-refractivity contribution in [3.8, 4) is 0 Å². The highest BCUT2D eigenvalue weighted by Gasteiger charge is 2.46. The molecule has 2 atom stereocenters. The van der Waals surface area contributed by atoms with E-state index in [0.717, 1.165) is 12.8 Å². The summed E-state index contributed by atoms with van der Waals surface area (Å²) in [4.78, 5) is 5.11. The molecule has 38 heavy (non-hydrogen) atoms. The van der Waals surface area contributed by atoms with Crippen molar-refractivity contribution < 1.29 is 0 Å². The van der Waals surface area contributed by atoms with Gasteiger partial charge in [-0.15, -0.1) is 0 Å². The Kier molecular flexibility index (Phi) is 5.34. The highest BCUT2D eigenvalue weighted by Crippen LogP contribution is 2.47. The van der Waals surface area contributed by atoms with Crippen LogP contribution >= 0.6 is 0 Å². The van der Waals surface area contributed by atoms with Gasteiger partial charge in [0.15, 0.2) is 0 Å². The molecular weight excluding hydrogens is 459 g/mol. The third-order valence-electron chi connectivity index (χ3n) is 9.06. The molecule has 2 aliphatic heterocycles. The Bertz CT molecular complexity index is 1600.